The molecular formula is C54H41NO. The van der Waals surface area contributed by atoms with Gasteiger partial charge in [-0.2, -0.15) is 0 Å². The first-order valence-corrected chi connectivity index (χ1v) is 19.7. The van der Waals surface area contributed by atoms with Crippen molar-refractivity contribution in [1.82, 2.24) is 0 Å². The van der Waals surface area contributed by atoms with Crippen LogP contribution < -0.4 is 4.90 Å². The second kappa shape index (κ2) is 11.9. The second-order valence-electron chi connectivity index (χ2n) is 16.5. The number of para-hydroxylation sites is 1. The SMILES string of the molecule is CC1(C)c2ccccc2-c2ccc(N(c3ccc(-c4ccccc4)cc3)c3cccc4c3oc3cc5c(c(-c6ccccc6)c34)-c3ccccc3C5(C)C)cc21. The number of hydrogen-bond acceptors (Lipinski definition) is 2. The van der Waals surface area contributed by atoms with Gasteiger partial charge < -0.3 is 9.32 Å². The van der Waals surface area contributed by atoms with Crippen LogP contribution in [0.15, 0.2) is 180 Å². The van der Waals surface area contributed by atoms with Gasteiger partial charge in [-0.05, 0) is 97.6 Å². The van der Waals surface area contributed by atoms with Gasteiger partial charge >= 0.3 is 0 Å². The van der Waals surface area contributed by atoms with Crippen molar-refractivity contribution >= 4 is 39.0 Å². The Labute approximate surface area is 328 Å². The number of hydrogen-bond donors (Lipinski definition) is 0. The Morgan fingerprint density at radius 1 is 0.411 bits per heavy atom. The van der Waals surface area contributed by atoms with Crippen LogP contribution >= 0.6 is 0 Å². The molecule has 2 aliphatic rings. The van der Waals surface area contributed by atoms with E-state index in [0.29, 0.717) is 0 Å². The molecule has 8 aromatic carbocycles. The van der Waals surface area contributed by atoms with Crippen LogP contribution in [0.1, 0.15) is 49.9 Å². The zero-order valence-electron chi connectivity index (χ0n) is 32.1. The number of rotatable bonds is 5. The average molecular weight is 720 g/mol. The van der Waals surface area contributed by atoms with Gasteiger partial charge in [0.25, 0.3) is 0 Å². The van der Waals surface area contributed by atoms with Gasteiger partial charge in [0.05, 0.1) is 5.69 Å². The highest BCUT2D eigenvalue weighted by molar-refractivity contribution is 6.20. The molecule has 0 saturated carbocycles. The lowest BCUT2D eigenvalue weighted by Gasteiger charge is -2.28. The molecule has 0 saturated heterocycles. The van der Waals surface area contributed by atoms with Gasteiger partial charge in [0.2, 0.25) is 0 Å². The molecule has 0 bridgehead atoms. The van der Waals surface area contributed by atoms with Crippen LogP contribution in [0.4, 0.5) is 17.1 Å². The molecule has 2 heteroatoms. The predicted molar refractivity (Wildman–Crippen MR) is 234 cm³/mol. The maximum atomic E-state index is 7.22. The van der Waals surface area contributed by atoms with Crippen molar-refractivity contribution in [2.24, 2.45) is 0 Å². The standard InChI is InChI=1S/C54H41NO/c1-53(2)43-23-13-11-20-39(43)40-31-30-38(32-45(40)53)55(37-28-26-35(27-29-37)34-16-7-5-8-17-34)47-25-15-22-42-51-48(56-52(42)47)33-46-50(49(51)36-18-9-6-10-19-36)41-21-12-14-24-44(41)54(46,3)4/h5-33H,1-4H3. The lowest BCUT2D eigenvalue weighted by molar-refractivity contribution is 0.647. The Bertz CT molecular complexity index is 3000. The molecule has 0 unspecified atom stereocenters. The molecule has 56 heavy (non-hydrogen) atoms. The summed E-state index contributed by atoms with van der Waals surface area (Å²) >= 11 is 0. The van der Waals surface area contributed by atoms with E-state index >= 15 is 0 Å². The highest BCUT2D eigenvalue weighted by Gasteiger charge is 2.39. The van der Waals surface area contributed by atoms with E-state index in [1.807, 2.05) is 0 Å². The molecule has 0 spiro atoms. The molecule has 0 fully saturated rings. The number of nitrogens with zero attached hydrogens (tertiary/aromatic N) is 1. The Morgan fingerprint density at radius 3 is 1.71 bits per heavy atom. The van der Waals surface area contributed by atoms with Gasteiger partial charge in [-0.1, -0.05) is 167 Å². The van der Waals surface area contributed by atoms with Crippen molar-refractivity contribution in [2.45, 2.75) is 38.5 Å². The molecule has 1 heterocycles. The molecule has 0 amide bonds. The number of benzene rings is 8. The van der Waals surface area contributed by atoms with E-state index in [1.54, 1.807) is 0 Å². The third-order valence-corrected chi connectivity index (χ3v) is 12.7. The summed E-state index contributed by atoms with van der Waals surface area (Å²) in [5, 5.41) is 2.27. The van der Waals surface area contributed by atoms with Crippen molar-refractivity contribution < 1.29 is 4.42 Å². The van der Waals surface area contributed by atoms with E-state index in [9.17, 15) is 0 Å². The fraction of sp³-hybridized carbons (Fsp3) is 0.111. The van der Waals surface area contributed by atoms with Crippen molar-refractivity contribution in [3.63, 3.8) is 0 Å². The zero-order chi connectivity index (χ0) is 37.8. The summed E-state index contributed by atoms with van der Waals surface area (Å²) in [6.07, 6.45) is 0. The summed E-state index contributed by atoms with van der Waals surface area (Å²) in [7, 11) is 0. The molecule has 2 nitrogen and oxygen atoms in total. The highest BCUT2D eigenvalue weighted by Crippen LogP contribution is 2.57. The fourth-order valence-corrected chi connectivity index (χ4v) is 9.87. The number of anilines is 3. The topological polar surface area (TPSA) is 16.4 Å². The summed E-state index contributed by atoms with van der Waals surface area (Å²) in [5.74, 6) is 0. The van der Waals surface area contributed by atoms with E-state index in [4.69, 9.17) is 4.42 Å². The maximum absolute atomic E-state index is 7.22. The number of fused-ring (bicyclic) bond motifs is 9. The first-order valence-electron chi connectivity index (χ1n) is 19.7. The molecule has 2 aliphatic carbocycles. The first-order chi connectivity index (χ1) is 27.3. The Balaban J connectivity index is 1.18. The maximum Gasteiger partial charge on any atom is 0.159 e. The van der Waals surface area contributed by atoms with Gasteiger partial charge in [0, 0.05) is 38.5 Å². The van der Waals surface area contributed by atoms with Crippen molar-refractivity contribution in [2.75, 3.05) is 4.90 Å². The largest absolute Gasteiger partial charge is 0.454 e. The molecule has 0 radical (unpaired) electrons. The van der Waals surface area contributed by atoms with Gasteiger partial charge in [0.1, 0.15) is 5.58 Å². The van der Waals surface area contributed by atoms with Crippen LogP contribution in [0.2, 0.25) is 0 Å². The summed E-state index contributed by atoms with van der Waals surface area (Å²) in [5.41, 5.74) is 20.1. The van der Waals surface area contributed by atoms with Gasteiger partial charge in [-0.15, -0.1) is 0 Å². The average Bonchev–Trinajstić information content (AvgIpc) is 3.81. The molecule has 0 aliphatic heterocycles. The Morgan fingerprint density at radius 2 is 0.982 bits per heavy atom. The molecular weight excluding hydrogens is 679 g/mol. The zero-order valence-corrected chi connectivity index (χ0v) is 32.1. The van der Waals surface area contributed by atoms with E-state index in [-0.39, 0.29) is 10.8 Å². The van der Waals surface area contributed by atoms with Gasteiger partial charge in [0.15, 0.2) is 5.58 Å². The van der Waals surface area contributed by atoms with Crippen LogP contribution in [-0.2, 0) is 10.8 Å². The second-order valence-corrected chi connectivity index (χ2v) is 16.5. The summed E-state index contributed by atoms with van der Waals surface area (Å²) in [6.45, 7) is 9.40. The van der Waals surface area contributed by atoms with Crippen LogP contribution in [0.5, 0.6) is 0 Å². The fourth-order valence-electron chi connectivity index (χ4n) is 9.87. The van der Waals surface area contributed by atoms with E-state index in [1.165, 1.54) is 66.8 Å². The lowest BCUT2D eigenvalue weighted by atomic mass is 9.81. The summed E-state index contributed by atoms with van der Waals surface area (Å²) < 4.78 is 7.22. The third kappa shape index (κ3) is 4.62. The monoisotopic (exact) mass is 719 g/mol. The van der Waals surface area contributed by atoms with Crippen molar-refractivity contribution in [3.05, 3.63) is 198 Å². The van der Waals surface area contributed by atoms with Crippen molar-refractivity contribution in [3.8, 4) is 44.5 Å². The van der Waals surface area contributed by atoms with Crippen LogP contribution in [0.3, 0.4) is 0 Å². The van der Waals surface area contributed by atoms with Crippen molar-refractivity contribution in [1.29, 1.82) is 0 Å². The van der Waals surface area contributed by atoms with E-state index in [2.05, 4.69) is 209 Å². The molecule has 11 rings (SSSR count). The molecule has 1 aromatic heterocycles. The predicted octanol–water partition coefficient (Wildman–Crippen LogP) is 15.0. The van der Waals surface area contributed by atoms with Gasteiger partial charge in [-0.3, -0.25) is 0 Å². The minimum Gasteiger partial charge on any atom is -0.454 e. The first kappa shape index (κ1) is 32.8. The smallest absolute Gasteiger partial charge is 0.159 e. The minimum atomic E-state index is -0.174. The normalized spacial score (nSPS) is 14.4. The lowest BCUT2D eigenvalue weighted by Crippen LogP contribution is -2.16. The molecule has 0 atom stereocenters. The quantitative estimate of drug-likeness (QED) is 0.176. The Kier molecular flexibility index (Phi) is 6.98. The minimum absolute atomic E-state index is 0.135. The number of furan rings is 1. The molecule has 268 valence electrons. The highest BCUT2D eigenvalue weighted by atomic mass is 16.3. The third-order valence-electron chi connectivity index (χ3n) is 12.7. The summed E-state index contributed by atoms with van der Waals surface area (Å²) in [6, 6.07) is 64.3. The summed E-state index contributed by atoms with van der Waals surface area (Å²) in [4.78, 5) is 2.40. The van der Waals surface area contributed by atoms with Crippen LogP contribution in [-0.4, -0.2) is 0 Å². The van der Waals surface area contributed by atoms with E-state index < -0.39 is 0 Å². The van der Waals surface area contributed by atoms with Crippen LogP contribution in [0.25, 0.3) is 66.4 Å². The Hall–Kier alpha value is -6.64. The van der Waals surface area contributed by atoms with Crippen LogP contribution in [0, 0.1) is 0 Å². The molecule has 0 N–H and O–H groups in total. The van der Waals surface area contributed by atoms with Gasteiger partial charge in [-0.25, -0.2) is 0 Å². The van der Waals surface area contributed by atoms with E-state index in [0.717, 1.165) is 39.0 Å². The molecule has 9 aromatic rings.